The van der Waals surface area contributed by atoms with Crippen molar-refractivity contribution in [3.8, 4) is 11.3 Å². The van der Waals surface area contributed by atoms with Crippen molar-refractivity contribution in [2.45, 2.75) is 19.6 Å². The molecule has 1 saturated heterocycles. The second-order valence-electron chi connectivity index (χ2n) is 5.86. The second kappa shape index (κ2) is 9.07. The molecule has 6 nitrogen and oxygen atoms in total. The van der Waals surface area contributed by atoms with E-state index in [2.05, 4.69) is 10.3 Å². The van der Waals surface area contributed by atoms with Gasteiger partial charge in [0, 0.05) is 24.1 Å². The van der Waals surface area contributed by atoms with Gasteiger partial charge in [-0.2, -0.15) is 0 Å². The number of urea groups is 1. The second-order valence-corrected chi connectivity index (χ2v) is 6.81. The van der Waals surface area contributed by atoms with Crippen LogP contribution in [0.15, 0.2) is 29.6 Å². The van der Waals surface area contributed by atoms with Gasteiger partial charge < -0.3 is 19.7 Å². The SMILES string of the molecule is CCOCC1CN(C(=O)NCc2nc(-c3ccccc3F)cs2)CCO1. The molecular weight excluding hydrogens is 357 g/mol. The molecule has 1 N–H and O–H groups in total. The van der Waals surface area contributed by atoms with Crippen LogP contribution in [-0.2, 0) is 16.0 Å². The summed E-state index contributed by atoms with van der Waals surface area (Å²) in [5.41, 5.74) is 1.05. The predicted molar refractivity (Wildman–Crippen MR) is 97.5 cm³/mol. The Morgan fingerprint density at radius 2 is 2.35 bits per heavy atom. The molecule has 0 radical (unpaired) electrons. The number of rotatable bonds is 6. The number of hydrogen-bond acceptors (Lipinski definition) is 5. The minimum Gasteiger partial charge on any atom is -0.379 e. The van der Waals surface area contributed by atoms with Crippen LogP contribution in [0.3, 0.4) is 0 Å². The number of carbonyl (C=O) groups excluding carboxylic acids is 1. The first-order valence-corrected chi connectivity index (χ1v) is 9.46. The fourth-order valence-corrected chi connectivity index (χ4v) is 3.44. The molecule has 1 aliphatic rings. The third kappa shape index (κ3) is 4.78. The molecule has 26 heavy (non-hydrogen) atoms. The zero-order valence-electron chi connectivity index (χ0n) is 14.6. The molecule has 1 aromatic heterocycles. The van der Waals surface area contributed by atoms with E-state index in [-0.39, 0.29) is 18.0 Å². The minimum atomic E-state index is -0.304. The lowest BCUT2D eigenvalue weighted by molar-refractivity contribution is -0.0566. The smallest absolute Gasteiger partial charge is 0.317 e. The molecule has 0 aliphatic carbocycles. The van der Waals surface area contributed by atoms with Crippen molar-refractivity contribution in [2.24, 2.45) is 0 Å². The van der Waals surface area contributed by atoms with E-state index in [0.717, 1.165) is 5.01 Å². The number of aromatic nitrogens is 1. The number of halogens is 1. The van der Waals surface area contributed by atoms with Crippen molar-refractivity contribution in [2.75, 3.05) is 32.9 Å². The Hall–Kier alpha value is -2.03. The van der Waals surface area contributed by atoms with Crippen molar-refractivity contribution in [3.05, 3.63) is 40.5 Å². The zero-order valence-corrected chi connectivity index (χ0v) is 15.4. The Morgan fingerprint density at radius 1 is 1.50 bits per heavy atom. The topological polar surface area (TPSA) is 63.7 Å². The number of hydrogen-bond donors (Lipinski definition) is 1. The molecule has 0 saturated carbocycles. The van der Waals surface area contributed by atoms with E-state index < -0.39 is 0 Å². The molecular formula is C18H22FN3O3S. The van der Waals surface area contributed by atoms with Crippen LogP contribution in [0.4, 0.5) is 9.18 Å². The summed E-state index contributed by atoms with van der Waals surface area (Å²) in [7, 11) is 0. The van der Waals surface area contributed by atoms with Crippen molar-refractivity contribution < 1.29 is 18.7 Å². The molecule has 1 atom stereocenters. The van der Waals surface area contributed by atoms with Crippen LogP contribution in [0.2, 0.25) is 0 Å². The average molecular weight is 379 g/mol. The predicted octanol–water partition coefficient (Wildman–Crippen LogP) is 2.90. The van der Waals surface area contributed by atoms with Gasteiger partial charge in [0.25, 0.3) is 0 Å². The first-order valence-electron chi connectivity index (χ1n) is 8.58. The lowest BCUT2D eigenvalue weighted by Crippen LogP contribution is -2.50. The minimum absolute atomic E-state index is 0.0954. The summed E-state index contributed by atoms with van der Waals surface area (Å²) in [4.78, 5) is 18.5. The third-order valence-corrected chi connectivity index (χ3v) is 4.88. The molecule has 2 aromatic rings. The summed E-state index contributed by atoms with van der Waals surface area (Å²) in [5, 5.41) is 5.40. The molecule has 1 fully saturated rings. The van der Waals surface area contributed by atoms with Crippen molar-refractivity contribution in [1.82, 2.24) is 15.2 Å². The molecule has 8 heteroatoms. The lowest BCUT2D eigenvalue weighted by atomic mass is 10.2. The van der Waals surface area contributed by atoms with Crippen LogP contribution < -0.4 is 5.32 Å². The highest BCUT2D eigenvalue weighted by Gasteiger charge is 2.24. The van der Waals surface area contributed by atoms with Gasteiger partial charge in [-0.05, 0) is 19.1 Å². The van der Waals surface area contributed by atoms with E-state index in [1.807, 2.05) is 6.92 Å². The number of thiazole rings is 1. The van der Waals surface area contributed by atoms with Crippen molar-refractivity contribution in [1.29, 1.82) is 0 Å². The number of ether oxygens (including phenoxy) is 2. The highest BCUT2D eigenvalue weighted by molar-refractivity contribution is 7.09. The van der Waals surface area contributed by atoms with Crippen LogP contribution in [0, 0.1) is 5.82 Å². The van der Waals surface area contributed by atoms with Crippen LogP contribution in [0.5, 0.6) is 0 Å². The highest BCUT2D eigenvalue weighted by Crippen LogP contribution is 2.24. The summed E-state index contributed by atoms with van der Waals surface area (Å²) in [6, 6.07) is 6.37. The van der Waals surface area contributed by atoms with Gasteiger partial charge in [0.05, 0.1) is 38.1 Å². The van der Waals surface area contributed by atoms with E-state index in [0.29, 0.717) is 50.7 Å². The average Bonchev–Trinajstić information content (AvgIpc) is 3.14. The maximum atomic E-state index is 13.8. The fourth-order valence-electron chi connectivity index (χ4n) is 2.70. The molecule has 2 amide bonds. The quantitative estimate of drug-likeness (QED) is 0.838. The molecule has 2 heterocycles. The Labute approximate surface area is 155 Å². The molecule has 140 valence electrons. The molecule has 0 bridgehead atoms. The van der Waals surface area contributed by atoms with Gasteiger partial charge in [-0.3, -0.25) is 0 Å². The Morgan fingerprint density at radius 3 is 3.15 bits per heavy atom. The number of nitrogens with one attached hydrogen (secondary N) is 1. The first-order chi connectivity index (χ1) is 12.7. The van der Waals surface area contributed by atoms with E-state index in [4.69, 9.17) is 9.47 Å². The largest absolute Gasteiger partial charge is 0.379 e. The monoisotopic (exact) mass is 379 g/mol. The molecule has 1 aromatic carbocycles. The van der Waals surface area contributed by atoms with Crippen LogP contribution in [0.1, 0.15) is 11.9 Å². The van der Waals surface area contributed by atoms with E-state index in [9.17, 15) is 9.18 Å². The van der Waals surface area contributed by atoms with Gasteiger partial charge >= 0.3 is 6.03 Å². The fraction of sp³-hybridized carbons (Fsp3) is 0.444. The zero-order chi connectivity index (χ0) is 18.4. The maximum Gasteiger partial charge on any atom is 0.317 e. The van der Waals surface area contributed by atoms with Gasteiger partial charge in [0.1, 0.15) is 10.8 Å². The number of amides is 2. The Kier molecular flexibility index (Phi) is 6.54. The van der Waals surface area contributed by atoms with Gasteiger partial charge in [-0.25, -0.2) is 14.2 Å². The number of morpholine rings is 1. The van der Waals surface area contributed by atoms with Gasteiger partial charge in [0.15, 0.2) is 0 Å². The van der Waals surface area contributed by atoms with Gasteiger partial charge in [-0.15, -0.1) is 11.3 Å². The summed E-state index contributed by atoms with van der Waals surface area (Å²) < 4.78 is 24.8. The standard InChI is InChI=1S/C18H22FN3O3S/c1-2-24-11-13-10-22(7-8-25-13)18(23)20-9-17-21-16(12-26-17)14-5-3-4-6-15(14)19/h3-6,12-13H,2,7-11H2,1H3,(H,20,23). The molecule has 0 spiro atoms. The molecule has 1 aliphatic heterocycles. The van der Waals surface area contributed by atoms with E-state index >= 15 is 0 Å². The van der Waals surface area contributed by atoms with Gasteiger partial charge in [0.2, 0.25) is 0 Å². The Bertz CT molecular complexity index is 740. The van der Waals surface area contributed by atoms with E-state index in [1.165, 1.54) is 17.4 Å². The third-order valence-electron chi connectivity index (χ3n) is 4.03. The number of carbonyl (C=O) groups is 1. The first kappa shape index (κ1) is 18.8. The van der Waals surface area contributed by atoms with Crippen LogP contribution in [-0.4, -0.2) is 54.9 Å². The summed E-state index contributed by atoms with van der Waals surface area (Å²) in [6.07, 6.45) is -0.0954. The number of nitrogens with zero attached hydrogens (tertiary/aromatic N) is 2. The van der Waals surface area contributed by atoms with Crippen molar-refractivity contribution in [3.63, 3.8) is 0 Å². The summed E-state index contributed by atoms with van der Waals surface area (Å²) in [6.45, 7) is 4.90. The van der Waals surface area contributed by atoms with Crippen molar-refractivity contribution >= 4 is 17.4 Å². The summed E-state index contributed by atoms with van der Waals surface area (Å²) >= 11 is 1.40. The van der Waals surface area contributed by atoms with Crippen LogP contribution >= 0.6 is 11.3 Å². The van der Waals surface area contributed by atoms with Gasteiger partial charge in [-0.1, -0.05) is 12.1 Å². The van der Waals surface area contributed by atoms with Crippen LogP contribution in [0.25, 0.3) is 11.3 Å². The lowest BCUT2D eigenvalue weighted by Gasteiger charge is -2.32. The molecule has 3 rings (SSSR count). The highest BCUT2D eigenvalue weighted by atomic mass is 32.1. The normalized spacial score (nSPS) is 17.3. The maximum absolute atomic E-state index is 13.8. The Balaban J connectivity index is 1.53. The van der Waals surface area contributed by atoms with E-state index in [1.54, 1.807) is 28.5 Å². The summed E-state index contributed by atoms with van der Waals surface area (Å²) in [5.74, 6) is -0.304. The number of benzene rings is 1. The molecule has 1 unspecified atom stereocenters.